The summed E-state index contributed by atoms with van der Waals surface area (Å²) in [5, 5.41) is 14.1. The second-order valence-corrected chi connectivity index (χ2v) is 7.31. The normalized spacial score (nSPS) is 26.3. The summed E-state index contributed by atoms with van der Waals surface area (Å²) < 4.78 is 1.80. The molecule has 1 aliphatic carbocycles. The molecule has 2 atom stereocenters. The van der Waals surface area contributed by atoms with E-state index in [1.54, 1.807) is 4.68 Å². The number of β-amino-alcohol motifs (C(OH)–C–C–N with tert-alkyl or cyclic N) is 1. The Labute approximate surface area is 131 Å². The van der Waals surface area contributed by atoms with Gasteiger partial charge in [0.25, 0.3) is 0 Å². The highest BCUT2D eigenvalue weighted by Crippen LogP contribution is 2.48. The summed E-state index contributed by atoms with van der Waals surface area (Å²) in [5.74, 6) is 0.789. The Bertz CT molecular complexity index is 541. The van der Waals surface area contributed by atoms with Crippen LogP contribution >= 0.6 is 0 Å². The highest BCUT2D eigenvalue weighted by atomic mass is 16.3. The van der Waals surface area contributed by atoms with Crippen molar-refractivity contribution in [2.45, 2.75) is 31.8 Å². The molecule has 1 saturated carbocycles. The Hall–Kier alpha value is -1.40. The van der Waals surface area contributed by atoms with Gasteiger partial charge in [-0.25, -0.2) is 0 Å². The number of aliphatic hydroxyl groups is 1. The number of carbonyl (C=O) groups excluding carboxylic acids is 1. The number of amides is 1. The zero-order valence-corrected chi connectivity index (χ0v) is 13.7. The third kappa shape index (κ3) is 3.50. The van der Waals surface area contributed by atoms with Gasteiger partial charge in [-0.3, -0.25) is 14.4 Å². The van der Waals surface area contributed by atoms with Gasteiger partial charge in [0.1, 0.15) is 0 Å². The lowest BCUT2D eigenvalue weighted by molar-refractivity contribution is -0.134. The third-order valence-electron chi connectivity index (χ3n) is 4.56. The van der Waals surface area contributed by atoms with Crippen LogP contribution in [0.3, 0.4) is 0 Å². The summed E-state index contributed by atoms with van der Waals surface area (Å²) in [4.78, 5) is 16.8. The van der Waals surface area contributed by atoms with Crippen molar-refractivity contribution in [1.82, 2.24) is 19.6 Å². The van der Waals surface area contributed by atoms with E-state index in [1.807, 2.05) is 38.2 Å². The second kappa shape index (κ2) is 5.66. The van der Waals surface area contributed by atoms with Gasteiger partial charge in [0, 0.05) is 51.9 Å². The smallest absolute Gasteiger partial charge is 0.226 e. The first-order valence-corrected chi connectivity index (χ1v) is 8.05. The van der Waals surface area contributed by atoms with Gasteiger partial charge in [0.05, 0.1) is 11.8 Å². The zero-order valence-electron chi connectivity index (χ0n) is 13.7. The molecule has 1 N–H and O–H groups in total. The minimum absolute atomic E-state index is 0.144. The Morgan fingerprint density at radius 3 is 2.59 bits per heavy atom. The molecule has 22 heavy (non-hydrogen) atoms. The molecule has 6 heteroatoms. The molecule has 1 saturated heterocycles. The lowest BCUT2D eigenvalue weighted by Gasteiger charge is -2.37. The van der Waals surface area contributed by atoms with Crippen LogP contribution in [0.15, 0.2) is 12.4 Å². The minimum atomic E-state index is -0.673. The Morgan fingerprint density at radius 2 is 2.05 bits per heavy atom. The van der Waals surface area contributed by atoms with Crippen molar-refractivity contribution in [3.05, 3.63) is 18.0 Å². The predicted octanol–water partition coefficient (Wildman–Crippen LogP) is 0.439. The van der Waals surface area contributed by atoms with Gasteiger partial charge in [0.2, 0.25) is 5.91 Å². The molecule has 0 aromatic carbocycles. The minimum Gasteiger partial charge on any atom is -0.389 e. The molecule has 2 aliphatic rings. The molecule has 1 aromatic rings. The van der Waals surface area contributed by atoms with Crippen molar-refractivity contribution < 1.29 is 9.90 Å². The van der Waals surface area contributed by atoms with Crippen LogP contribution in [0.5, 0.6) is 0 Å². The molecule has 0 spiro atoms. The van der Waals surface area contributed by atoms with E-state index in [0.717, 1.165) is 32.6 Å². The van der Waals surface area contributed by atoms with Crippen LogP contribution in [0.25, 0.3) is 0 Å². The van der Waals surface area contributed by atoms with E-state index in [1.165, 1.54) is 5.56 Å². The number of nitrogens with zero attached hydrogens (tertiary/aromatic N) is 4. The zero-order chi connectivity index (χ0) is 15.9. The lowest BCUT2D eigenvalue weighted by Crippen LogP contribution is -2.52. The molecule has 1 aromatic heterocycles. The van der Waals surface area contributed by atoms with E-state index in [2.05, 4.69) is 10.00 Å². The van der Waals surface area contributed by atoms with E-state index in [4.69, 9.17) is 0 Å². The maximum atomic E-state index is 12.6. The molecule has 122 valence electrons. The third-order valence-corrected chi connectivity index (χ3v) is 4.56. The summed E-state index contributed by atoms with van der Waals surface area (Å²) in [6.07, 6.45) is 4.84. The average Bonchev–Trinajstić information content (AvgIpc) is 3.12. The largest absolute Gasteiger partial charge is 0.389 e. The quantitative estimate of drug-likeness (QED) is 0.877. The highest BCUT2D eigenvalue weighted by molar-refractivity contribution is 5.83. The fourth-order valence-electron chi connectivity index (χ4n) is 3.38. The standard InChI is InChI=1S/C16H26N4O2/c1-16(2,22)11-19-4-6-20(7-5-19)15(21)14-8-13(14)12-9-17-18(3)10-12/h9-10,13-14,22H,4-8,11H2,1-3H3/t13-,14-/m0/s1. The topological polar surface area (TPSA) is 61.6 Å². The second-order valence-electron chi connectivity index (χ2n) is 7.31. The molecule has 0 unspecified atom stereocenters. The summed E-state index contributed by atoms with van der Waals surface area (Å²) in [6, 6.07) is 0. The number of aromatic nitrogens is 2. The van der Waals surface area contributed by atoms with Gasteiger partial charge in [-0.05, 0) is 31.7 Å². The van der Waals surface area contributed by atoms with Crippen molar-refractivity contribution in [1.29, 1.82) is 0 Å². The van der Waals surface area contributed by atoms with Crippen LogP contribution in [0, 0.1) is 5.92 Å². The highest BCUT2D eigenvalue weighted by Gasteiger charge is 2.46. The number of aryl methyl sites for hydroxylation is 1. The number of hydrogen-bond acceptors (Lipinski definition) is 4. The van der Waals surface area contributed by atoms with E-state index in [9.17, 15) is 9.90 Å². The van der Waals surface area contributed by atoms with Gasteiger partial charge < -0.3 is 10.0 Å². The first-order chi connectivity index (χ1) is 10.3. The monoisotopic (exact) mass is 306 g/mol. The fraction of sp³-hybridized carbons (Fsp3) is 0.750. The first kappa shape index (κ1) is 15.5. The van der Waals surface area contributed by atoms with Crippen molar-refractivity contribution in [2.24, 2.45) is 13.0 Å². The number of hydrogen-bond donors (Lipinski definition) is 1. The molecule has 1 amide bonds. The van der Waals surface area contributed by atoms with Crippen LogP contribution in [-0.4, -0.2) is 68.9 Å². The maximum absolute atomic E-state index is 12.6. The maximum Gasteiger partial charge on any atom is 0.226 e. The summed E-state index contributed by atoms with van der Waals surface area (Å²) in [6.45, 7) is 7.55. The van der Waals surface area contributed by atoms with Crippen LogP contribution in [0.2, 0.25) is 0 Å². The Balaban J connectivity index is 1.49. The molecule has 0 bridgehead atoms. The lowest BCUT2D eigenvalue weighted by atomic mass is 10.1. The number of carbonyl (C=O) groups is 1. The summed E-state index contributed by atoms with van der Waals surface area (Å²) in [5.41, 5.74) is 0.509. The summed E-state index contributed by atoms with van der Waals surface area (Å²) >= 11 is 0. The average molecular weight is 306 g/mol. The molecular weight excluding hydrogens is 280 g/mol. The van der Waals surface area contributed by atoms with Crippen molar-refractivity contribution in [3.8, 4) is 0 Å². The van der Waals surface area contributed by atoms with Crippen molar-refractivity contribution in [3.63, 3.8) is 0 Å². The molecule has 1 aliphatic heterocycles. The SMILES string of the molecule is Cn1cc([C@@H]2C[C@@H]2C(=O)N2CCN(CC(C)(C)O)CC2)cn1. The number of piperazine rings is 1. The molecule has 2 fully saturated rings. The molecule has 3 rings (SSSR count). The first-order valence-electron chi connectivity index (χ1n) is 8.05. The molecule has 6 nitrogen and oxygen atoms in total. The summed E-state index contributed by atoms with van der Waals surface area (Å²) in [7, 11) is 1.91. The van der Waals surface area contributed by atoms with E-state index >= 15 is 0 Å². The fourth-order valence-corrected chi connectivity index (χ4v) is 3.38. The van der Waals surface area contributed by atoms with Crippen LogP contribution < -0.4 is 0 Å². The van der Waals surface area contributed by atoms with Gasteiger partial charge in [-0.2, -0.15) is 5.10 Å². The predicted molar refractivity (Wildman–Crippen MR) is 83.4 cm³/mol. The van der Waals surface area contributed by atoms with Crippen LogP contribution in [-0.2, 0) is 11.8 Å². The number of rotatable bonds is 4. The van der Waals surface area contributed by atoms with E-state index < -0.39 is 5.60 Å². The molecule has 0 radical (unpaired) electrons. The van der Waals surface area contributed by atoms with Gasteiger partial charge in [-0.15, -0.1) is 0 Å². The Morgan fingerprint density at radius 1 is 1.36 bits per heavy atom. The van der Waals surface area contributed by atoms with Crippen molar-refractivity contribution in [2.75, 3.05) is 32.7 Å². The van der Waals surface area contributed by atoms with E-state index in [-0.39, 0.29) is 11.8 Å². The Kier molecular flexibility index (Phi) is 3.99. The van der Waals surface area contributed by atoms with E-state index in [0.29, 0.717) is 12.5 Å². The molecular formula is C16H26N4O2. The van der Waals surface area contributed by atoms with Crippen molar-refractivity contribution >= 4 is 5.91 Å². The van der Waals surface area contributed by atoms with Gasteiger partial charge >= 0.3 is 0 Å². The van der Waals surface area contributed by atoms with Crippen LogP contribution in [0.4, 0.5) is 0 Å². The molecule has 2 heterocycles. The van der Waals surface area contributed by atoms with Gasteiger partial charge in [-0.1, -0.05) is 0 Å². The van der Waals surface area contributed by atoms with Crippen LogP contribution in [0.1, 0.15) is 31.7 Å². The van der Waals surface area contributed by atoms with Gasteiger partial charge in [0.15, 0.2) is 0 Å².